The van der Waals surface area contributed by atoms with Gasteiger partial charge in [0.05, 0.1) is 5.69 Å². The Morgan fingerprint density at radius 2 is 1.76 bits per heavy atom. The summed E-state index contributed by atoms with van der Waals surface area (Å²) in [6, 6.07) is 9.73. The lowest BCUT2D eigenvalue weighted by Gasteiger charge is -2.06. The molecule has 21 heavy (non-hydrogen) atoms. The molecule has 0 bridgehead atoms. The van der Waals surface area contributed by atoms with Crippen LogP contribution in [0.1, 0.15) is 11.3 Å². The Hall–Kier alpha value is -2.57. The minimum absolute atomic E-state index is 0.0675. The van der Waals surface area contributed by atoms with E-state index in [2.05, 4.69) is 10.1 Å². The van der Waals surface area contributed by atoms with E-state index < -0.39 is 11.9 Å². The summed E-state index contributed by atoms with van der Waals surface area (Å²) in [5.41, 5.74) is 6.99. The molecule has 2 aromatic heterocycles. The van der Waals surface area contributed by atoms with Crippen LogP contribution in [0.4, 0.5) is 19.0 Å². The quantitative estimate of drug-likeness (QED) is 0.748. The van der Waals surface area contributed by atoms with Crippen molar-refractivity contribution < 1.29 is 13.2 Å². The van der Waals surface area contributed by atoms with Crippen LogP contribution in [0.25, 0.3) is 16.9 Å². The normalized spacial score (nSPS) is 12.0. The standard InChI is InChI=1S/C14H11F3N4/c1-8-2-4-9(5-3-8)10-6-12(18)19-13-7-11(14(15,16)17)20-21(10)13/h2-7H,1H3,(H2,18,19). The molecule has 2 heterocycles. The number of hydrogen-bond acceptors (Lipinski definition) is 3. The fourth-order valence-electron chi connectivity index (χ4n) is 2.06. The van der Waals surface area contributed by atoms with Crippen LogP contribution in [0.15, 0.2) is 36.4 Å². The topological polar surface area (TPSA) is 56.2 Å². The summed E-state index contributed by atoms with van der Waals surface area (Å²) in [5.74, 6) is 0.145. The Kier molecular flexibility index (Phi) is 2.86. The number of rotatable bonds is 1. The highest BCUT2D eigenvalue weighted by atomic mass is 19.4. The second-order valence-electron chi connectivity index (χ2n) is 4.73. The van der Waals surface area contributed by atoms with Crippen molar-refractivity contribution in [2.24, 2.45) is 0 Å². The zero-order valence-corrected chi connectivity index (χ0v) is 11.0. The molecule has 3 rings (SSSR count). The van der Waals surface area contributed by atoms with Gasteiger partial charge in [-0.3, -0.25) is 0 Å². The van der Waals surface area contributed by atoms with Crippen LogP contribution in [0, 0.1) is 6.92 Å². The zero-order chi connectivity index (χ0) is 15.2. The molecule has 0 saturated carbocycles. The van der Waals surface area contributed by atoms with Crippen molar-refractivity contribution in [3.8, 4) is 11.3 Å². The molecule has 0 fully saturated rings. The van der Waals surface area contributed by atoms with Crippen LogP contribution in [0.3, 0.4) is 0 Å². The molecule has 0 unspecified atom stereocenters. The van der Waals surface area contributed by atoms with Gasteiger partial charge < -0.3 is 5.73 Å². The molecule has 0 aliphatic heterocycles. The predicted molar refractivity (Wildman–Crippen MR) is 72.6 cm³/mol. The van der Waals surface area contributed by atoms with Gasteiger partial charge in [0.2, 0.25) is 0 Å². The van der Waals surface area contributed by atoms with Gasteiger partial charge in [-0.15, -0.1) is 0 Å². The van der Waals surface area contributed by atoms with E-state index in [9.17, 15) is 13.2 Å². The molecule has 0 saturated heterocycles. The number of benzene rings is 1. The molecule has 108 valence electrons. The molecular weight excluding hydrogens is 281 g/mol. The van der Waals surface area contributed by atoms with Gasteiger partial charge in [-0.25, -0.2) is 9.50 Å². The Bertz CT molecular complexity index is 803. The van der Waals surface area contributed by atoms with Crippen molar-refractivity contribution in [1.29, 1.82) is 0 Å². The molecule has 0 aliphatic rings. The van der Waals surface area contributed by atoms with Crippen molar-refractivity contribution in [3.05, 3.63) is 47.7 Å². The lowest BCUT2D eigenvalue weighted by molar-refractivity contribution is -0.141. The number of halogens is 3. The predicted octanol–water partition coefficient (Wildman–Crippen LogP) is 3.31. The molecule has 0 atom stereocenters. The summed E-state index contributed by atoms with van der Waals surface area (Å²) in [6.07, 6.45) is -4.52. The summed E-state index contributed by atoms with van der Waals surface area (Å²) in [7, 11) is 0. The average Bonchev–Trinajstić information content (AvgIpc) is 2.82. The number of hydrogen-bond donors (Lipinski definition) is 1. The van der Waals surface area contributed by atoms with Gasteiger partial charge in [0.15, 0.2) is 11.3 Å². The highest BCUT2D eigenvalue weighted by Gasteiger charge is 2.34. The van der Waals surface area contributed by atoms with Crippen LogP contribution in [-0.4, -0.2) is 14.6 Å². The number of anilines is 1. The van der Waals surface area contributed by atoms with Gasteiger partial charge in [-0.2, -0.15) is 18.3 Å². The van der Waals surface area contributed by atoms with E-state index in [1.165, 1.54) is 6.07 Å². The maximum absolute atomic E-state index is 12.8. The number of fused-ring (bicyclic) bond motifs is 1. The molecule has 4 nitrogen and oxygen atoms in total. The number of aromatic nitrogens is 3. The maximum Gasteiger partial charge on any atom is 0.435 e. The minimum Gasteiger partial charge on any atom is -0.384 e. The highest BCUT2D eigenvalue weighted by Crippen LogP contribution is 2.30. The summed E-state index contributed by atoms with van der Waals surface area (Å²) in [4.78, 5) is 3.89. The first-order valence-electron chi connectivity index (χ1n) is 6.15. The number of nitrogens with zero attached hydrogens (tertiary/aromatic N) is 3. The summed E-state index contributed by atoms with van der Waals surface area (Å²) in [6.45, 7) is 1.93. The molecule has 0 radical (unpaired) electrons. The van der Waals surface area contributed by atoms with Crippen molar-refractivity contribution in [2.45, 2.75) is 13.1 Å². The van der Waals surface area contributed by atoms with Gasteiger partial charge in [-0.05, 0) is 6.92 Å². The zero-order valence-electron chi connectivity index (χ0n) is 11.0. The van der Waals surface area contributed by atoms with Crippen molar-refractivity contribution in [3.63, 3.8) is 0 Å². The smallest absolute Gasteiger partial charge is 0.384 e. The van der Waals surface area contributed by atoms with E-state index in [0.717, 1.165) is 21.7 Å². The Morgan fingerprint density at radius 1 is 1.10 bits per heavy atom. The summed E-state index contributed by atoms with van der Waals surface area (Å²) >= 11 is 0. The Balaban J connectivity index is 2.26. The molecule has 2 N–H and O–H groups in total. The van der Waals surface area contributed by atoms with Crippen LogP contribution in [0.5, 0.6) is 0 Å². The third-order valence-corrected chi connectivity index (χ3v) is 3.08. The molecule has 7 heteroatoms. The van der Waals surface area contributed by atoms with Crippen LogP contribution < -0.4 is 5.73 Å². The van der Waals surface area contributed by atoms with Gasteiger partial charge in [0, 0.05) is 17.7 Å². The first-order valence-corrected chi connectivity index (χ1v) is 6.15. The van der Waals surface area contributed by atoms with E-state index >= 15 is 0 Å². The van der Waals surface area contributed by atoms with E-state index in [1.54, 1.807) is 12.1 Å². The number of alkyl halides is 3. The molecule has 0 spiro atoms. The SMILES string of the molecule is Cc1ccc(-c2cc(N)nc3cc(C(F)(F)F)nn23)cc1. The van der Waals surface area contributed by atoms with Crippen LogP contribution in [0.2, 0.25) is 0 Å². The second kappa shape index (κ2) is 4.47. The second-order valence-corrected chi connectivity index (χ2v) is 4.73. The maximum atomic E-state index is 12.8. The number of nitrogen functional groups attached to an aromatic ring is 1. The van der Waals surface area contributed by atoms with E-state index in [-0.39, 0.29) is 11.5 Å². The van der Waals surface area contributed by atoms with Gasteiger partial charge in [-0.1, -0.05) is 29.8 Å². The number of nitrogens with two attached hydrogens (primary N) is 1. The third-order valence-electron chi connectivity index (χ3n) is 3.08. The molecule has 1 aromatic carbocycles. The fourth-order valence-corrected chi connectivity index (χ4v) is 2.06. The molecular formula is C14H11F3N4. The van der Waals surface area contributed by atoms with E-state index in [1.807, 2.05) is 19.1 Å². The summed E-state index contributed by atoms with van der Waals surface area (Å²) < 4.78 is 39.5. The minimum atomic E-state index is -4.52. The van der Waals surface area contributed by atoms with E-state index in [4.69, 9.17) is 5.73 Å². The summed E-state index contributed by atoms with van der Waals surface area (Å²) in [5, 5.41) is 3.60. The Labute approximate surface area is 118 Å². The number of aryl methyl sites for hydroxylation is 1. The molecule has 3 aromatic rings. The third kappa shape index (κ3) is 2.42. The van der Waals surface area contributed by atoms with Gasteiger partial charge in [0.1, 0.15) is 5.82 Å². The lowest BCUT2D eigenvalue weighted by atomic mass is 10.1. The monoisotopic (exact) mass is 292 g/mol. The van der Waals surface area contributed by atoms with Crippen molar-refractivity contribution in [2.75, 3.05) is 5.73 Å². The van der Waals surface area contributed by atoms with Gasteiger partial charge in [0.25, 0.3) is 0 Å². The van der Waals surface area contributed by atoms with Crippen molar-refractivity contribution >= 4 is 11.5 Å². The first kappa shape index (κ1) is 13.4. The Morgan fingerprint density at radius 3 is 2.38 bits per heavy atom. The van der Waals surface area contributed by atoms with Gasteiger partial charge >= 0.3 is 6.18 Å². The molecule has 0 amide bonds. The first-order chi connectivity index (χ1) is 9.84. The lowest BCUT2D eigenvalue weighted by Crippen LogP contribution is -2.06. The largest absolute Gasteiger partial charge is 0.435 e. The van der Waals surface area contributed by atoms with Crippen LogP contribution >= 0.6 is 0 Å². The van der Waals surface area contributed by atoms with Crippen LogP contribution in [-0.2, 0) is 6.18 Å². The molecule has 0 aliphatic carbocycles. The highest BCUT2D eigenvalue weighted by molar-refractivity contribution is 5.66. The van der Waals surface area contributed by atoms with E-state index in [0.29, 0.717) is 5.69 Å². The van der Waals surface area contributed by atoms with Crippen molar-refractivity contribution in [1.82, 2.24) is 14.6 Å². The average molecular weight is 292 g/mol. The fraction of sp³-hybridized carbons (Fsp3) is 0.143.